The van der Waals surface area contributed by atoms with Crippen LogP contribution in [-0.2, 0) is 9.59 Å². The standard InChI is InChI=1S/C9H13N3O5/c13-5-2-11(3-6(5)14)8(16)4-12-7(15)1-10-9(12)17/h5-6,13-14H,1-4H2,(H,10,17). The van der Waals surface area contributed by atoms with Crippen LogP contribution in [0.1, 0.15) is 0 Å². The highest BCUT2D eigenvalue weighted by Gasteiger charge is 2.36. The largest absolute Gasteiger partial charge is 0.388 e. The van der Waals surface area contributed by atoms with E-state index in [0.29, 0.717) is 0 Å². The molecular formula is C9H13N3O5. The minimum Gasteiger partial charge on any atom is -0.388 e. The maximum atomic E-state index is 11.7. The first kappa shape index (κ1) is 11.8. The number of imide groups is 1. The smallest absolute Gasteiger partial charge is 0.325 e. The molecule has 2 fully saturated rings. The molecule has 94 valence electrons. The molecule has 2 heterocycles. The Bertz CT molecular complexity index is 346. The summed E-state index contributed by atoms with van der Waals surface area (Å²) in [5, 5.41) is 20.9. The van der Waals surface area contributed by atoms with E-state index in [1.54, 1.807) is 0 Å². The van der Waals surface area contributed by atoms with Gasteiger partial charge in [0.1, 0.15) is 6.54 Å². The summed E-state index contributed by atoms with van der Waals surface area (Å²) in [6.45, 7) is -0.422. The first-order valence-corrected chi connectivity index (χ1v) is 5.21. The molecule has 0 aromatic heterocycles. The summed E-state index contributed by atoms with van der Waals surface area (Å²) in [4.78, 5) is 36.2. The fourth-order valence-corrected chi connectivity index (χ4v) is 1.82. The lowest BCUT2D eigenvalue weighted by Crippen LogP contribution is -2.42. The first-order chi connectivity index (χ1) is 7.99. The molecule has 4 amide bonds. The number of nitrogens with one attached hydrogen (secondary N) is 1. The molecule has 0 bridgehead atoms. The van der Waals surface area contributed by atoms with E-state index in [4.69, 9.17) is 0 Å². The van der Waals surface area contributed by atoms with Gasteiger partial charge in [0.05, 0.1) is 18.8 Å². The average Bonchev–Trinajstić information content (AvgIpc) is 2.76. The number of rotatable bonds is 2. The highest BCUT2D eigenvalue weighted by molar-refractivity contribution is 6.04. The number of hydrogen-bond donors (Lipinski definition) is 3. The molecule has 0 spiro atoms. The van der Waals surface area contributed by atoms with Gasteiger partial charge in [-0.3, -0.25) is 14.5 Å². The monoisotopic (exact) mass is 243 g/mol. The Morgan fingerprint density at radius 1 is 1.29 bits per heavy atom. The lowest BCUT2D eigenvalue weighted by molar-refractivity contribution is -0.136. The summed E-state index contributed by atoms with van der Waals surface area (Å²) in [6.07, 6.45) is -1.94. The van der Waals surface area contributed by atoms with Gasteiger partial charge in [-0.2, -0.15) is 0 Å². The van der Waals surface area contributed by atoms with Crippen LogP contribution in [0.4, 0.5) is 4.79 Å². The van der Waals surface area contributed by atoms with Crippen molar-refractivity contribution < 1.29 is 24.6 Å². The van der Waals surface area contributed by atoms with Crippen molar-refractivity contribution in [1.82, 2.24) is 15.1 Å². The highest BCUT2D eigenvalue weighted by atomic mass is 16.3. The number of β-amino-alcohol motifs (C(OH)–C–C–N with tert-alkyl or cyclic N) is 2. The molecule has 3 N–H and O–H groups in total. The summed E-state index contributed by atoms with van der Waals surface area (Å²) < 4.78 is 0. The Kier molecular flexibility index (Phi) is 2.99. The zero-order valence-corrected chi connectivity index (χ0v) is 9.00. The SMILES string of the molecule is O=C(CN1C(=O)CNC1=O)N1CC(O)C(O)C1. The fraction of sp³-hybridized carbons (Fsp3) is 0.667. The third-order valence-electron chi connectivity index (χ3n) is 2.84. The number of urea groups is 1. The second kappa shape index (κ2) is 4.30. The maximum Gasteiger partial charge on any atom is 0.325 e. The minimum absolute atomic E-state index is 0.0175. The summed E-state index contributed by atoms with van der Waals surface area (Å²) in [7, 11) is 0. The Hall–Kier alpha value is -1.67. The Balaban J connectivity index is 1.94. The van der Waals surface area contributed by atoms with Crippen LogP contribution in [0, 0.1) is 0 Å². The van der Waals surface area contributed by atoms with Crippen LogP contribution >= 0.6 is 0 Å². The van der Waals surface area contributed by atoms with E-state index < -0.39 is 30.1 Å². The highest BCUT2D eigenvalue weighted by Crippen LogP contribution is 2.11. The molecule has 17 heavy (non-hydrogen) atoms. The Morgan fingerprint density at radius 3 is 2.35 bits per heavy atom. The molecule has 0 radical (unpaired) electrons. The number of amides is 4. The molecule has 2 aliphatic heterocycles. The van der Waals surface area contributed by atoms with Crippen LogP contribution in [0.25, 0.3) is 0 Å². The van der Waals surface area contributed by atoms with E-state index in [0.717, 1.165) is 4.90 Å². The molecule has 8 nitrogen and oxygen atoms in total. The van der Waals surface area contributed by atoms with Crippen LogP contribution in [0.15, 0.2) is 0 Å². The van der Waals surface area contributed by atoms with Crippen molar-refractivity contribution in [2.75, 3.05) is 26.2 Å². The van der Waals surface area contributed by atoms with Crippen LogP contribution < -0.4 is 5.32 Å². The Morgan fingerprint density at radius 2 is 1.88 bits per heavy atom. The third-order valence-corrected chi connectivity index (χ3v) is 2.84. The van der Waals surface area contributed by atoms with E-state index in [-0.39, 0.29) is 26.2 Å². The summed E-state index contributed by atoms with van der Waals surface area (Å²) in [5.41, 5.74) is 0. The van der Waals surface area contributed by atoms with Gasteiger partial charge in [-0.05, 0) is 0 Å². The van der Waals surface area contributed by atoms with Crippen molar-refractivity contribution in [2.45, 2.75) is 12.2 Å². The number of nitrogens with zero attached hydrogens (tertiary/aromatic N) is 2. The molecule has 0 aromatic carbocycles. The molecule has 0 saturated carbocycles. The molecular weight excluding hydrogens is 230 g/mol. The van der Waals surface area contributed by atoms with Crippen LogP contribution in [-0.4, -0.2) is 76.2 Å². The first-order valence-electron chi connectivity index (χ1n) is 5.21. The minimum atomic E-state index is -0.970. The van der Waals surface area contributed by atoms with Gasteiger partial charge in [-0.25, -0.2) is 4.79 Å². The van der Waals surface area contributed by atoms with Crippen LogP contribution in [0.3, 0.4) is 0 Å². The molecule has 2 rings (SSSR count). The van der Waals surface area contributed by atoms with Gasteiger partial charge in [-0.15, -0.1) is 0 Å². The second-order valence-corrected chi connectivity index (χ2v) is 4.07. The third kappa shape index (κ3) is 2.22. The topological polar surface area (TPSA) is 110 Å². The number of aliphatic hydroxyl groups is 2. The molecule has 0 aromatic rings. The van der Waals surface area contributed by atoms with Gasteiger partial charge >= 0.3 is 6.03 Å². The molecule has 2 unspecified atom stereocenters. The predicted molar refractivity (Wildman–Crippen MR) is 53.7 cm³/mol. The lowest BCUT2D eigenvalue weighted by Gasteiger charge is -2.18. The Labute approximate surface area is 96.8 Å². The zero-order valence-electron chi connectivity index (χ0n) is 9.00. The average molecular weight is 243 g/mol. The lowest BCUT2D eigenvalue weighted by atomic mass is 10.3. The fourth-order valence-electron chi connectivity index (χ4n) is 1.82. The van der Waals surface area contributed by atoms with Gasteiger partial charge < -0.3 is 20.4 Å². The zero-order chi connectivity index (χ0) is 12.6. The van der Waals surface area contributed by atoms with E-state index in [1.165, 1.54) is 4.90 Å². The van der Waals surface area contributed by atoms with E-state index in [2.05, 4.69) is 5.32 Å². The van der Waals surface area contributed by atoms with Crippen molar-refractivity contribution in [1.29, 1.82) is 0 Å². The van der Waals surface area contributed by atoms with E-state index in [9.17, 15) is 24.6 Å². The van der Waals surface area contributed by atoms with Crippen LogP contribution in [0.5, 0.6) is 0 Å². The quantitative estimate of drug-likeness (QED) is 0.451. The van der Waals surface area contributed by atoms with Crippen LogP contribution in [0.2, 0.25) is 0 Å². The number of carbonyl (C=O) groups is 3. The van der Waals surface area contributed by atoms with Crippen molar-refractivity contribution >= 4 is 17.8 Å². The molecule has 2 atom stereocenters. The number of hydrogen-bond acceptors (Lipinski definition) is 5. The van der Waals surface area contributed by atoms with E-state index in [1.807, 2.05) is 0 Å². The van der Waals surface area contributed by atoms with Gasteiger partial charge in [0, 0.05) is 13.1 Å². The molecule has 2 aliphatic rings. The number of likely N-dealkylation sites (tertiary alicyclic amines) is 1. The van der Waals surface area contributed by atoms with Crippen molar-refractivity contribution in [2.24, 2.45) is 0 Å². The number of aliphatic hydroxyl groups excluding tert-OH is 2. The summed E-state index contributed by atoms with van der Waals surface area (Å²) in [5.74, 6) is -0.922. The van der Waals surface area contributed by atoms with Gasteiger partial charge in [-0.1, -0.05) is 0 Å². The molecule has 0 aliphatic carbocycles. The summed E-state index contributed by atoms with van der Waals surface area (Å²) in [6, 6.07) is -0.594. The van der Waals surface area contributed by atoms with Crippen molar-refractivity contribution in [3.8, 4) is 0 Å². The van der Waals surface area contributed by atoms with Gasteiger partial charge in [0.2, 0.25) is 5.91 Å². The van der Waals surface area contributed by atoms with Crippen molar-refractivity contribution in [3.63, 3.8) is 0 Å². The van der Waals surface area contributed by atoms with E-state index >= 15 is 0 Å². The normalized spacial score (nSPS) is 28.8. The molecule has 2 saturated heterocycles. The predicted octanol–water partition coefficient (Wildman–Crippen LogP) is -2.90. The van der Waals surface area contributed by atoms with Crippen molar-refractivity contribution in [3.05, 3.63) is 0 Å². The second-order valence-electron chi connectivity index (χ2n) is 4.07. The molecule has 8 heteroatoms. The summed E-state index contributed by atoms with van der Waals surface area (Å²) >= 11 is 0. The maximum absolute atomic E-state index is 11.7. The van der Waals surface area contributed by atoms with Gasteiger partial charge in [0.15, 0.2) is 0 Å². The number of carbonyl (C=O) groups excluding carboxylic acids is 3. The van der Waals surface area contributed by atoms with Gasteiger partial charge in [0.25, 0.3) is 5.91 Å².